The zero-order valence-electron chi connectivity index (χ0n) is 17.0. The lowest BCUT2D eigenvalue weighted by Gasteiger charge is -2.27. The molecule has 7 nitrogen and oxygen atoms in total. The van der Waals surface area contributed by atoms with Crippen molar-refractivity contribution in [1.29, 1.82) is 0 Å². The molecule has 2 aromatic rings. The average Bonchev–Trinajstić information content (AvgIpc) is 3.40. The van der Waals surface area contributed by atoms with E-state index in [1.807, 2.05) is 6.92 Å². The van der Waals surface area contributed by atoms with Crippen molar-refractivity contribution in [1.82, 2.24) is 9.88 Å². The fourth-order valence-corrected chi connectivity index (χ4v) is 4.08. The molecule has 2 heterocycles. The Morgan fingerprint density at radius 2 is 1.94 bits per heavy atom. The maximum atomic E-state index is 12.9. The van der Waals surface area contributed by atoms with Crippen molar-refractivity contribution in [3.05, 3.63) is 51.5 Å². The zero-order chi connectivity index (χ0) is 22.8. The van der Waals surface area contributed by atoms with Gasteiger partial charge in [0.05, 0.1) is 25.5 Å². The molecule has 0 aliphatic carbocycles. The summed E-state index contributed by atoms with van der Waals surface area (Å²) in [7, 11) is 2.52. The van der Waals surface area contributed by atoms with Crippen LogP contribution in [0.15, 0.2) is 29.6 Å². The molecule has 31 heavy (non-hydrogen) atoms. The topological polar surface area (TPSA) is 78.0 Å². The van der Waals surface area contributed by atoms with Gasteiger partial charge in [-0.15, -0.1) is 11.3 Å². The maximum Gasteiger partial charge on any atom is 0.443 e. The van der Waals surface area contributed by atoms with Crippen LogP contribution in [0.25, 0.3) is 0 Å². The lowest BCUT2D eigenvalue weighted by atomic mass is 10.0. The number of nitrogens with zero attached hydrogens (tertiary/aromatic N) is 2. The molecule has 1 aliphatic rings. The maximum absolute atomic E-state index is 12.9. The normalized spacial score (nSPS) is 20.5. The van der Waals surface area contributed by atoms with Gasteiger partial charge in [-0.2, -0.15) is 13.2 Å². The predicted octanol–water partition coefficient (Wildman–Crippen LogP) is 3.45. The molecule has 11 heteroatoms. The molecule has 0 bridgehead atoms. The van der Waals surface area contributed by atoms with Crippen LogP contribution in [0.2, 0.25) is 0 Å². The van der Waals surface area contributed by atoms with Crippen LogP contribution < -0.4 is 0 Å². The molecule has 0 spiro atoms. The van der Waals surface area contributed by atoms with Gasteiger partial charge in [-0.3, -0.25) is 4.90 Å². The number of halogens is 3. The number of aromatic nitrogens is 1. The molecule has 0 saturated carbocycles. The number of esters is 2. The van der Waals surface area contributed by atoms with E-state index in [1.54, 1.807) is 29.2 Å². The molecule has 1 aliphatic heterocycles. The molecule has 0 amide bonds. The summed E-state index contributed by atoms with van der Waals surface area (Å²) in [6.07, 6.45) is -5.88. The molecule has 1 fully saturated rings. The molecule has 3 unspecified atom stereocenters. The third kappa shape index (κ3) is 5.23. The van der Waals surface area contributed by atoms with Crippen molar-refractivity contribution in [3.8, 4) is 0 Å². The minimum atomic E-state index is -4.54. The molecule has 0 N–H and O–H groups in total. The second kappa shape index (κ2) is 9.33. The van der Waals surface area contributed by atoms with E-state index in [4.69, 9.17) is 9.47 Å². The molecule has 3 rings (SSSR count). The molecular formula is C20H21F3N2O5S. The smallest absolute Gasteiger partial charge is 0.443 e. The summed E-state index contributed by atoms with van der Waals surface area (Å²) in [6, 6.07) is 6.63. The lowest BCUT2D eigenvalue weighted by Crippen LogP contribution is -2.44. The van der Waals surface area contributed by atoms with Crippen LogP contribution in [0.1, 0.15) is 39.7 Å². The van der Waals surface area contributed by atoms with E-state index in [1.165, 1.54) is 19.6 Å². The lowest BCUT2D eigenvalue weighted by molar-refractivity contribution is -0.162. The van der Waals surface area contributed by atoms with Gasteiger partial charge in [-0.25, -0.2) is 14.6 Å². The fraction of sp³-hybridized carbons (Fsp3) is 0.450. The van der Waals surface area contributed by atoms with Crippen molar-refractivity contribution in [3.63, 3.8) is 0 Å². The Hall–Kier alpha value is -2.50. The molecular weight excluding hydrogens is 437 g/mol. The number of carbonyl (C=O) groups is 2. The largest absolute Gasteiger partial charge is 0.466 e. The first-order valence-corrected chi connectivity index (χ1v) is 10.2. The summed E-state index contributed by atoms with van der Waals surface area (Å²) in [5.41, 5.74) is 1.45. The van der Waals surface area contributed by atoms with Crippen molar-refractivity contribution in [2.45, 2.75) is 37.9 Å². The van der Waals surface area contributed by atoms with Gasteiger partial charge in [0, 0.05) is 18.0 Å². The van der Waals surface area contributed by atoms with Gasteiger partial charge in [0.25, 0.3) is 0 Å². The predicted molar refractivity (Wildman–Crippen MR) is 104 cm³/mol. The van der Waals surface area contributed by atoms with E-state index in [2.05, 4.69) is 9.72 Å². The summed E-state index contributed by atoms with van der Waals surface area (Å²) in [5.74, 6) is -1.08. The van der Waals surface area contributed by atoms with E-state index in [0.29, 0.717) is 23.3 Å². The van der Waals surface area contributed by atoms with Gasteiger partial charge in [0.2, 0.25) is 6.23 Å². The summed E-state index contributed by atoms with van der Waals surface area (Å²) in [6.45, 7) is 2.06. The first-order valence-electron chi connectivity index (χ1n) is 9.33. The van der Waals surface area contributed by atoms with Crippen molar-refractivity contribution >= 4 is 23.3 Å². The van der Waals surface area contributed by atoms with Crippen LogP contribution in [0, 0.1) is 0 Å². The number of ether oxygens (including phenoxy) is 3. The summed E-state index contributed by atoms with van der Waals surface area (Å²) >= 11 is 0.488. The second-order valence-corrected chi connectivity index (χ2v) is 7.87. The minimum Gasteiger partial charge on any atom is -0.466 e. The molecule has 1 aromatic carbocycles. The van der Waals surface area contributed by atoms with Gasteiger partial charge in [-0.1, -0.05) is 12.1 Å². The van der Waals surface area contributed by atoms with Crippen molar-refractivity contribution in [2.24, 2.45) is 0 Å². The van der Waals surface area contributed by atoms with Gasteiger partial charge >= 0.3 is 18.1 Å². The Labute approximate surface area is 180 Å². The Morgan fingerprint density at radius 1 is 1.26 bits per heavy atom. The third-order valence-electron chi connectivity index (χ3n) is 4.94. The molecule has 1 aromatic heterocycles. The number of thiazole rings is 1. The number of methoxy groups -OCH3 is 2. The van der Waals surface area contributed by atoms with Crippen LogP contribution in [0.5, 0.6) is 0 Å². The van der Waals surface area contributed by atoms with Gasteiger partial charge in [0.1, 0.15) is 6.10 Å². The Balaban J connectivity index is 1.75. The van der Waals surface area contributed by atoms with Crippen LogP contribution in [-0.4, -0.2) is 54.9 Å². The number of carbonyl (C=O) groups excluding carboxylic acids is 2. The third-order valence-corrected chi connectivity index (χ3v) is 5.85. The SMILES string of the molecule is COC(=O)c1ccc(CC(C)N2CC(c3csc(C(F)(F)F)n3)OC2C(=O)OC)cc1. The fourth-order valence-electron chi connectivity index (χ4n) is 3.35. The average molecular weight is 458 g/mol. The summed E-state index contributed by atoms with van der Waals surface area (Å²) in [4.78, 5) is 29.2. The number of rotatable bonds is 6. The Bertz CT molecular complexity index is 932. The van der Waals surface area contributed by atoms with Crippen molar-refractivity contribution < 1.29 is 37.0 Å². The monoisotopic (exact) mass is 458 g/mol. The second-order valence-electron chi connectivity index (χ2n) is 7.01. The molecule has 3 atom stereocenters. The molecule has 0 radical (unpaired) electrons. The highest BCUT2D eigenvalue weighted by molar-refractivity contribution is 7.09. The van der Waals surface area contributed by atoms with Crippen molar-refractivity contribution in [2.75, 3.05) is 20.8 Å². The Kier molecular flexibility index (Phi) is 6.97. The van der Waals surface area contributed by atoms with Gasteiger partial charge < -0.3 is 14.2 Å². The molecule has 1 saturated heterocycles. The highest BCUT2D eigenvalue weighted by atomic mass is 32.1. The summed E-state index contributed by atoms with van der Waals surface area (Å²) < 4.78 is 53.9. The summed E-state index contributed by atoms with van der Waals surface area (Å²) in [5, 5.41) is 0.333. The van der Waals surface area contributed by atoms with Crippen LogP contribution in [0.4, 0.5) is 13.2 Å². The van der Waals surface area contributed by atoms with E-state index < -0.39 is 35.5 Å². The van der Waals surface area contributed by atoms with E-state index in [-0.39, 0.29) is 18.3 Å². The quantitative estimate of drug-likeness (QED) is 0.614. The minimum absolute atomic E-state index is 0.128. The molecule has 168 valence electrons. The number of hydrogen-bond acceptors (Lipinski definition) is 8. The van der Waals surface area contributed by atoms with Gasteiger partial charge in [0.15, 0.2) is 5.01 Å². The van der Waals surface area contributed by atoms with E-state index in [9.17, 15) is 22.8 Å². The van der Waals surface area contributed by atoms with Crippen LogP contribution in [-0.2, 0) is 31.6 Å². The number of hydrogen-bond donors (Lipinski definition) is 0. The standard InChI is InChI=1S/C20H21F3N2O5S/c1-11(8-12-4-6-13(7-5-12)17(26)28-2)25-9-15(30-16(25)18(27)29-3)14-10-31-19(24-14)20(21,22)23/h4-7,10-11,15-16H,8-9H2,1-3H3. The first kappa shape index (κ1) is 23.2. The zero-order valence-corrected chi connectivity index (χ0v) is 17.8. The number of benzene rings is 1. The Morgan fingerprint density at radius 3 is 2.48 bits per heavy atom. The van der Waals surface area contributed by atoms with Crippen LogP contribution in [0.3, 0.4) is 0 Å². The van der Waals surface area contributed by atoms with E-state index in [0.717, 1.165) is 5.56 Å². The van der Waals surface area contributed by atoms with Gasteiger partial charge in [-0.05, 0) is 31.0 Å². The number of alkyl halides is 3. The van der Waals surface area contributed by atoms with Crippen LogP contribution >= 0.6 is 11.3 Å². The van der Waals surface area contributed by atoms with E-state index >= 15 is 0 Å². The first-order chi connectivity index (χ1) is 14.6. The highest BCUT2D eigenvalue weighted by Gasteiger charge is 2.43. The highest BCUT2D eigenvalue weighted by Crippen LogP contribution is 2.36.